The van der Waals surface area contributed by atoms with Crippen LogP contribution in [0.2, 0.25) is 0 Å². The molecule has 0 amide bonds. The van der Waals surface area contributed by atoms with Crippen molar-refractivity contribution in [2.45, 2.75) is 11.8 Å². The highest BCUT2D eigenvalue weighted by atomic mass is 79.9. The molecule has 1 rings (SSSR count). The zero-order chi connectivity index (χ0) is 12.2. The van der Waals surface area contributed by atoms with Crippen LogP contribution in [-0.2, 0) is 19.4 Å². The van der Waals surface area contributed by atoms with Crippen molar-refractivity contribution in [1.82, 2.24) is 0 Å². The minimum absolute atomic E-state index is 0.241. The summed E-state index contributed by atoms with van der Waals surface area (Å²) in [5.41, 5.74) is 0. The zero-order valence-corrected chi connectivity index (χ0v) is 11.6. The first-order valence-electron chi connectivity index (χ1n) is 5.25. The SMILES string of the molecule is CC(Br)C(=O)OCC[NH+]1CCS(=O)(=O)CC1. The molecule has 0 aromatic rings. The molecule has 0 saturated carbocycles. The summed E-state index contributed by atoms with van der Waals surface area (Å²) >= 11 is 3.12. The monoisotopic (exact) mass is 314 g/mol. The summed E-state index contributed by atoms with van der Waals surface area (Å²) in [6.07, 6.45) is 0. The second-order valence-electron chi connectivity index (χ2n) is 3.94. The molecular weight excluding hydrogens is 298 g/mol. The fourth-order valence-corrected chi connectivity index (χ4v) is 3.02. The van der Waals surface area contributed by atoms with Crippen molar-refractivity contribution in [3.8, 4) is 0 Å². The van der Waals surface area contributed by atoms with Crippen LogP contribution in [0.4, 0.5) is 0 Å². The van der Waals surface area contributed by atoms with Crippen molar-refractivity contribution in [3.63, 3.8) is 0 Å². The number of alkyl halides is 1. The molecule has 1 saturated heterocycles. The molecule has 5 nitrogen and oxygen atoms in total. The Morgan fingerprint density at radius 2 is 2.00 bits per heavy atom. The van der Waals surface area contributed by atoms with E-state index in [1.807, 2.05) is 0 Å². The Hall–Kier alpha value is -0.140. The molecular formula is C9H17BrNO4S+. The molecule has 1 N–H and O–H groups in total. The van der Waals surface area contributed by atoms with Crippen molar-refractivity contribution in [3.05, 3.63) is 0 Å². The van der Waals surface area contributed by atoms with Gasteiger partial charge in [-0.1, -0.05) is 15.9 Å². The number of hydrogen-bond donors (Lipinski definition) is 1. The van der Waals surface area contributed by atoms with Crippen LogP contribution in [0.1, 0.15) is 6.92 Å². The summed E-state index contributed by atoms with van der Waals surface area (Å²) in [6.45, 7) is 3.97. The average Bonchev–Trinajstić information content (AvgIpc) is 2.20. The second-order valence-corrected chi connectivity index (χ2v) is 7.61. The Morgan fingerprint density at radius 3 is 2.50 bits per heavy atom. The number of esters is 1. The number of ether oxygens (including phenoxy) is 1. The van der Waals surface area contributed by atoms with E-state index in [2.05, 4.69) is 15.9 Å². The number of carbonyl (C=O) groups excluding carboxylic acids is 1. The Bertz CT molecular complexity index is 327. The van der Waals surface area contributed by atoms with E-state index in [1.165, 1.54) is 4.90 Å². The van der Waals surface area contributed by atoms with E-state index < -0.39 is 9.84 Å². The highest BCUT2D eigenvalue weighted by molar-refractivity contribution is 9.10. The van der Waals surface area contributed by atoms with E-state index >= 15 is 0 Å². The smallest absolute Gasteiger partial charge is 0.319 e. The molecule has 0 aliphatic carbocycles. The third-order valence-corrected chi connectivity index (χ3v) is 4.58. The highest BCUT2D eigenvalue weighted by Crippen LogP contribution is 1.99. The molecule has 1 aliphatic heterocycles. The van der Waals surface area contributed by atoms with E-state index in [4.69, 9.17) is 4.74 Å². The lowest BCUT2D eigenvalue weighted by Crippen LogP contribution is -3.14. The van der Waals surface area contributed by atoms with E-state index in [1.54, 1.807) is 6.92 Å². The maximum Gasteiger partial charge on any atom is 0.319 e. The van der Waals surface area contributed by atoms with Crippen LogP contribution in [0.3, 0.4) is 0 Å². The first-order chi connectivity index (χ1) is 7.41. The lowest BCUT2D eigenvalue weighted by molar-refractivity contribution is -0.896. The molecule has 1 unspecified atom stereocenters. The Morgan fingerprint density at radius 1 is 1.44 bits per heavy atom. The number of halogens is 1. The van der Waals surface area contributed by atoms with Gasteiger partial charge in [-0.25, -0.2) is 8.42 Å². The van der Waals surface area contributed by atoms with Gasteiger partial charge in [-0.3, -0.25) is 4.79 Å². The summed E-state index contributed by atoms with van der Waals surface area (Å²) in [5, 5.41) is 0. The molecule has 0 aromatic heterocycles. The molecule has 1 atom stereocenters. The third kappa shape index (κ3) is 4.80. The second kappa shape index (κ2) is 5.97. The molecule has 1 fully saturated rings. The van der Waals surface area contributed by atoms with Crippen molar-refractivity contribution in [2.24, 2.45) is 0 Å². The van der Waals surface area contributed by atoms with Gasteiger partial charge in [-0.05, 0) is 6.92 Å². The van der Waals surface area contributed by atoms with Crippen LogP contribution in [0.15, 0.2) is 0 Å². The fourth-order valence-electron chi connectivity index (χ4n) is 1.49. The minimum Gasteiger partial charge on any atom is -0.459 e. The third-order valence-electron chi connectivity index (χ3n) is 2.56. The quantitative estimate of drug-likeness (QED) is 0.513. The van der Waals surface area contributed by atoms with Crippen molar-refractivity contribution in [1.29, 1.82) is 0 Å². The molecule has 0 aromatic carbocycles. The topological polar surface area (TPSA) is 64.9 Å². The summed E-state index contributed by atoms with van der Waals surface area (Å²) in [6, 6.07) is 0. The van der Waals surface area contributed by atoms with Gasteiger partial charge >= 0.3 is 5.97 Å². The zero-order valence-electron chi connectivity index (χ0n) is 9.24. The fraction of sp³-hybridized carbons (Fsp3) is 0.889. The average molecular weight is 315 g/mol. The number of quaternary nitrogens is 1. The molecule has 0 bridgehead atoms. The lowest BCUT2D eigenvalue weighted by Gasteiger charge is -2.23. The summed E-state index contributed by atoms with van der Waals surface area (Å²) in [4.78, 5) is 12.0. The van der Waals surface area contributed by atoms with E-state index in [9.17, 15) is 13.2 Å². The van der Waals surface area contributed by atoms with Crippen LogP contribution in [0, 0.1) is 0 Å². The van der Waals surface area contributed by atoms with Crippen molar-refractivity contribution < 1.29 is 22.8 Å². The van der Waals surface area contributed by atoms with E-state index in [-0.39, 0.29) is 22.3 Å². The van der Waals surface area contributed by atoms with Crippen LogP contribution in [-0.4, -0.2) is 57.0 Å². The van der Waals surface area contributed by atoms with E-state index in [0.29, 0.717) is 26.2 Å². The van der Waals surface area contributed by atoms with Gasteiger partial charge in [0.25, 0.3) is 0 Å². The van der Waals surface area contributed by atoms with Gasteiger partial charge in [0.05, 0.1) is 24.6 Å². The highest BCUT2D eigenvalue weighted by Gasteiger charge is 2.24. The minimum atomic E-state index is -2.81. The Kier molecular flexibility index (Phi) is 5.20. The standard InChI is InChI=1S/C9H16BrNO4S/c1-8(10)9(12)15-5-2-11-3-6-16(13,14)7-4-11/h8H,2-7H2,1H3/p+1. The predicted molar refractivity (Wildman–Crippen MR) is 63.6 cm³/mol. The van der Waals surface area contributed by atoms with Crippen LogP contribution in [0.5, 0.6) is 0 Å². The number of sulfone groups is 1. The number of hydrogen-bond acceptors (Lipinski definition) is 4. The maximum absolute atomic E-state index is 11.2. The first-order valence-corrected chi connectivity index (χ1v) is 7.99. The van der Waals surface area contributed by atoms with E-state index in [0.717, 1.165) is 0 Å². The van der Waals surface area contributed by atoms with Gasteiger partial charge < -0.3 is 9.64 Å². The van der Waals surface area contributed by atoms with Crippen LogP contribution < -0.4 is 4.90 Å². The Balaban J connectivity index is 2.18. The van der Waals surface area contributed by atoms with Gasteiger partial charge in [-0.15, -0.1) is 0 Å². The molecule has 0 radical (unpaired) electrons. The van der Waals surface area contributed by atoms with Gasteiger partial charge in [0, 0.05) is 0 Å². The summed E-state index contributed by atoms with van der Waals surface area (Å²) in [5.74, 6) is 0.208. The molecule has 0 spiro atoms. The van der Waals surface area contributed by atoms with Gasteiger partial charge in [0.15, 0.2) is 9.84 Å². The molecule has 1 heterocycles. The largest absolute Gasteiger partial charge is 0.459 e. The Labute approximate surface area is 104 Å². The predicted octanol–water partition coefficient (Wildman–Crippen LogP) is -1.37. The lowest BCUT2D eigenvalue weighted by atomic mass is 10.4. The first kappa shape index (κ1) is 13.9. The van der Waals surface area contributed by atoms with Gasteiger partial charge in [0.2, 0.25) is 0 Å². The van der Waals surface area contributed by atoms with Gasteiger partial charge in [-0.2, -0.15) is 0 Å². The van der Waals surface area contributed by atoms with Crippen molar-refractivity contribution in [2.75, 3.05) is 37.7 Å². The molecule has 7 heteroatoms. The van der Waals surface area contributed by atoms with Gasteiger partial charge in [0.1, 0.15) is 18.0 Å². The molecule has 1 aliphatic rings. The van der Waals surface area contributed by atoms with Crippen LogP contribution >= 0.6 is 15.9 Å². The number of rotatable bonds is 4. The summed E-state index contributed by atoms with van der Waals surface area (Å²) < 4.78 is 27.3. The van der Waals surface area contributed by atoms with Crippen molar-refractivity contribution >= 4 is 31.7 Å². The normalized spacial score (nSPS) is 22.6. The summed E-state index contributed by atoms with van der Waals surface area (Å²) in [7, 11) is -2.81. The number of nitrogens with one attached hydrogen (secondary N) is 1. The molecule has 16 heavy (non-hydrogen) atoms. The number of carbonyl (C=O) groups is 1. The molecule has 94 valence electrons. The maximum atomic E-state index is 11.2. The van der Waals surface area contributed by atoms with Crippen LogP contribution in [0.25, 0.3) is 0 Å².